The summed E-state index contributed by atoms with van der Waals surface area (Å²) >= 11 is 1.31. The molecule has 0 unspecified atom stereocenters. The van der Waals surface area contributed by atoms with E-state index in [1.54, 1.807) is 21.8 Å². The lowest BCUT2D eigenvalue weighted by atomic mass is 10.0. The number of fused-ring (bicyclic) bond motifs is 1. The van der Waals surface area contributed by atoms with Crippen molar-refractivity contribution in [1.82, 2.24) is 14.8 Å². The third kappa shape index (κ3) is 3.66. The van der Waals surface area contributed by atoms with Crippen LogP contribution >= 0.6 is 11.3 Å². The Balaban J connectivity index is 1.72. The Labute approximate surface area is 166 Å². The maximum Gasteiger partial charge on any atom is 0.260 e. The molecule has 0 N–H and O–H groups in total. The van der Waals surface area contributed by atoms with E-state index in [1.807, 2.05) is 44.3 Å². The lowest BCUT2D eigenvalue weighted by Gasteiger charge is -2.21. The van der Waals surface area contributed by atoms with Gasteiger partial charge in [0.05, 0.1) is 16.8 Å². The van der Waals surface area contributed by atoms with E-state index in [0.29, 0.717) is 34.0 Å². The molecule has 5 nitrogen and oxygen atoms in total. The number of benzene rings is 2. The van der Waals surface area contributed by atoms with Crippen molar-refractivity contribution in [3.63, 3.8) is 0 Å². The summed E-state index contributed by atoms with van der Waals surface area (Å²) in [6.45, 7) is 4.88. The van der Waals surface area contributed by atoms with Gasteiger partial charge in [-0.25, -0.2) is 9.37 Å². The molecule has 4 rings (SSSR count). The first-order valence-corrected chi connectivity index (χ1v) is 9.75. The van der Waals surface area contributed by atoms with E-state index in [0.717, 1.165) is 11.1 Å². The van der Waals surface area contributed by atoms with Crippen molar-refractivity contribution < 1.29 is 9.18 Å². The maximum absolute atomic E-state index is 13.6. The Morgan fingerprint density at radius 3 is 2.82 bits per heavy atom. The average molecular weight is 394 g/mol. The van der Waals surface area contributed by atoms with Crippen LogP contribution in [0.15, 0.2) is 54.9 Å². The van der Waals surface area contributed by atoms with Crippen LogP contribution in [0.3, 0.4) is 0 Å². The van der Waals surface area contributed by atoms with Crippen LogP contribution in [0.1, 0.15) is 21.5 Å². The fraction of sp³-hybridized carbons (Fsp3) is 0.190. The van der Waals surface area contributed by atoms with Gasteiger partial charge in [-0.15, -0.1) is 0 Å². The molecule has 0 bridgehead atoms. The van der Waals surface area contributed by atoms with Gasteiger partial charge in [-0.2, -0.15) is 5.10 Å². The fourth-order valence-corrected chi connectivity index (χ4v) is 4.13. The van der Waals surface area contributed by atoms with E-state index < -0.39 is 0 Å². The molecule has 28 heavy (non-hydrogen) atoms. The van der Waals surface area contributed by atoms with Gasteiger partial charge in [0.2, 0.25) is 0 Å². The standard InChI is InChI=1S/C21H19FN4OS/c1-14-4-6-17(15(2)12-14)20(27)26(11-10-25-9-3-8-23-25)21-24-18-7-5-16(22)13-19(18)28-21/h3-9,12-13H,10-11H2,1-2H3. The fourth-order valence-electron chi connectivity index (χ4n) is 3.12. The van der Waals surface area contributed by atoms with Crippen molar-refractivity contribution in [3.8, 4) is 0 Å². The van der Waals surface area contributed by atoms with E-state index >= 15 is 0 Å². The molecule has 142 valence electrons. The zero-order chi connectivity index (χ0) is 19.7. The van der Waals surface area contributed by atoms with Gasteiger partial charge >= 0.3 is 0 Å². The van der Waals surface area contributed by atoms with E-state index in [4.69, 9.17) is 0 Å². The highest BCUT2D eigenvalue weighted by Gasteiger charge is 2.23. The van der Waals surface area contributed by atoms with Gasteiger partial charge in [0.25, 0.3) is 5.91 Å². The van der Waals surface area contributed by atoms with Gasteiger partial charge in [0.1, 0.15) is 5.82 Å². The first-order valence-electron chi connectivity index (χ1n) is 8.94. The monoisotopic (exact) mass is 394 g/mol. The van der Waals surface area contributed by atoms with Crippen LogP contribution in [0.25, 0.3) is 10.2 Å². The Morgan fingerprint density at radius 2 is 2.07 bits per heavy atom. The molecule has 0 fully saturated rings. The van der Waals surface area contributed by atoms with E-state index in [1.165, 1.54) is 23.5 Å². The minimum atomic E-state index is -0.313. The molecule has 2 aromatic carbocycles. The molecule has 0 aliphatic rings. The van der Waals surface area contributed by atoms with E-state index in [-0.39, 0.29) is 11.7 Å². The predicted molar refractivity (Wildman–Crippen MR) is 109 cm³/mol. The Kier molecular flexibility index (Phi) is 4.92. The predicted octanol–water partition coefficient (Wildman–Crippen LogP) is 4.60. The Bertz CT molecular complexity index is 1140. The number of halogens is 1. The molecule has 0 radical (unpaired) electrons. The molecule has 2 aromatic heterocycles. The second kappa shape index (κ2) is 7.52. The Hall–Kier alpha value is -3.06. The molecular weight excluding hydrogens is 375 g/mol. The van der Waals surface area contributed by atoms with Crippen molar-refractivity contribution in [3.05, 3.63) is 77.4 Å². The maximum atomic E-state index is 13.6. The van der Waals surface area contributed by atoms with Gasteiger partial charge in [-0.05, 0) is 49.7 Å². The van der Waals surface area contributed by atoms with Gasteiger partial charge in [-0.1, -0.05) is 29.0 Å². The Morgan fingerprint density at radius 1 is 1.21 bits per heavy atom. The molecular formula is C21H19FN4OS. The quantitative estimate of drug-likeness (QED) is 0.497. The van der Waals surface area contributed by atoms with Crippen LogP contribution in [0.2, 0.25) is 0 Å². The number of aromatic nitrogens is 3. The number of hydrogen-bond acceptors (Lipinski definition) is 4. The zero-order valence-electron chi connectivity index (χ0n) is 15.6. The van der Waals surface area contributed by atoms with Crippen molar-refractivity contribution in [2.24, 2.45) is 0 Å². The SMILES string of the molecule is Cc1ccc(C(=O)N(CCn2cccn2)c2nc3ccc(F)cc3s2)c(C)c1. The normalized spacial score (nSPS) is 11.1. The van der Waals surface area contributed by atoms with Crippen molar-refractivity contribution >= 4 is 32.6 Å². The molecule has 0 aliphatic heterocycles. The van der Waals surface area contributed by atoms with Crippen LogP contribution in [0.5, 0.6) is 0 Å². The molecule has 7 heteroatoms. The van der Waals surface area contributed by atoms with Crippen molar-refractivity contribution in [2.45, 2.75) is 20.4 Å². The highest BCUT2D eigenvalue weighted by molar-refractivity contribution is 7.22. The minimum absolute atomic E-state index is 0.121. The number of carbonyl (C=O) groups is 1. The van der Waals surface area contributed by atoms with Gasteiger partial charge in [0.15, 0.2) is 5.13 Å². The van der Waals surface area contributed by atoms with Gasteiger partial charge in [-0.3, -0.25) is 14.4 Å². The minimum Gasteiger partial charge on any atom is -0.282 e. The van der Waals surface area contributed by atoms with Crippen LogP contribution in [0.4, 0.5) is 9.52 Å². The second-order valence-corrected chi connectivity index (χ2v) is 7.66. The number of rotatable bonds is 5. The summed E-state index contributed by atoms with van der Waals surface area (Å²) in [5.41, 5.74) is 3.34. The summed E-state index contributed by atoms with van der Waals surface area (Å²) in [6.07, 6.45) is 3.56. The van der Waals surface area contributed by atoms with Crippen LogP contribution < -0.4 is 4.90 Å². The van der Waals surface area contributed by atoms with Gasteiger partial charge in [0, 0.05) is 24.5 Å². The first-order chi connectivity index (χ1) is 13.5. The first kappa shape index (κ1) is 18.3. The molecule has 0 spiro atoms. The smallest absolute Gasteiger partial charge is 0.260 e. The number of thiazole rings is 1. The largest absolute Gasteiger partial charge is 0.282 e. The molecule has 0 aliphatic carbocycles. The van der Waals surface area contributed by atoms with Crippen molar-refractivity contribution in [2.75, 3.05) is 11.4 Å². The number of nitrogens with zero attached hydrogens (tertiary/aromatic N) is 4. The molecule has 4 aromatic rings. The molecule has 1 amide bonds. The van der Waals surface area contributed by atoms with Crippen LogP contribution in [-0.2, 0) is 6.54 Å². The number of amides is 1. The number of anilines is 1. The number of carbonyl (C=O) groups excluding carboxylic acids is 1. The van der Waals surface area contributed by atoms with Gasteiger partial charge < -0.3 is 0 Å². The molecule has 0 saturated carbocycles. The molecule has 0 saturated heterocycles. The summed E-state index contributed by atoms with van der Waals surface area (Å²) in [5.74, 6) is -0.435. The van der Waals surface area contributed by atoms with E-state index in [2.05, 4.69) is 10.1 Å². The summed E-state index contributed by atoms with van der Waals surface area (Å²) in [6, 6.07) is 12.1. The van der Waals surface area contributed by atoms with Crippen LogP contribution in [-0.4, -0.2) is 27.2 Å². The summed E-state index contributed by atoms with van der Waals surface area (Å²) in [4.78, 5) is 19.6. The summed E-state index contributed by atoms with van der Waals surface area (Å²) in [7, 11) is 0. The summed E-state index contributed by atoms with van der Waals surface area (Å²) < 4.78 is 16.1. The van der Waals surface area contributed by atoms with Crippen LogP contribution in [0, 0.1) is 19.7 Å². The third-order valence-electron chi connectivity index (χ3n) is 4.54. The zero-order valence-corrected chi connectivity index (χ0v) is 16.4. The summed E-state index contributed by atoms with van der Waals surface area (Å²) in [5, 5.41) is 4.76. The topological polar surface area (TPSA) is 51.0 Å². The average Bonchev–Trinajstić information content (AvgIpc) is 3.31. The number of hydrogen-bond donors (Lipinski definition) is 0. The lowest BCUT2D eigenvalue weighted by Crippen LogP contribution is -2.34. The lowest BCUT2D eigenvalue weighted by molar-refractivity contribution is 0.0985. The number of aryl methyl sites for hydroxylation is 2. The highest BCUT2D eigenvalue weighted by atomic mass is 32.1. The van der Waals surface area contributed by atoms with Crippen molar-refractivity contribution in [1.29, 1.82) is 0 Å². The highest BCUT2D eigenvalue weighted by Crippen LogP contribution is 2.30. The second-order valence-electron chi connectivity index (χ2n) is 6.65. The molecule has 0 atom stereocenters. The van der Waals surface area contributed by atoms with E-state index in [9.17, 15) is 9.18 Å². The third-order valence-corrected chi connectivity index (χ3v) is 5.58. The molecule has 2 heterocycles.